The van der Waals surface area contributed by atoms with E-state index in [9.17, 15) is 9.59 Å². The number of aliphatic carboxylic acids is 1. The minimum absolute atomic E-state index is 0.139. The summed E-state index contributed by atoms with van der Waals surface area (Å²) in [6, 6.07) is 1.99. The Morgan fingerprint density at radius 3 is 3.00 bits per heavy atom. The Bertz CT molecular complexity index is 531. The molecule has 7 heteroatoms. The molecule has 2 N–H and O–H groups in total. The largest absolute Gasteiger partial charge is 0.481 e. The fourth-order valence-corrected chi connectivity index (χ4v) is 4.80. The summed E-state index contributed by atoms with van der Waals surface area (Å²) in [5.74, 6) is -0.187. The van der Waals surface area contributed by atoms with Crippen LogP contribution in [0.1, 0.15) is 29.0 Å². The van der Waals surface area contributed by atoms with Crippen LogP contribution in [0, 0.1) is 0 Å². The van der Waals surface area contributed by atoms with Crippen molar-refractivity contribution in [3.8, 4) is 0 Å². The van der Waals surface area contributed by atoms with Gasteiger partial charge in [-0.2, -0.15) is 0 Å². The molecule has 2 rings (SSSR count). The molecule has 1 aromatic heterocycles. The standard InChI is InChI=1S/C14H19NO4S2/c1-14(8-19-2,7-11(16)17)15-13(18)12-9-3-5-20-10(9)4-6-21-12/h3,5,12H,4,6-8H2,1-2H3,(H,15,18)(H,16,17). The topological polar surface area (TPSA) is 75.6 Å². The Morgan fingerprint density at radius 1 is 1.57 bits per heavy atom. The molecule has 1 aliphatic heterocycles. The number of amides is 1. The summed E-state index contributed by atoms with van der Waals surface area (Å²) in [4.78, 5) is 24.8. The van der Waals surface area contributed by atoms with Gasteiger partial charge in [0.2, 0.25) is 5.91 Å². The maximum absolute atomic E-state index is 12.6. The zero-order valence-electron chi connectivity index (χ0n) is 12.0. The molecule has 1 amide bonds. The van der Waals surface area contributed by atoms with Gasteiger partial charge in [-0.15, -0.1) is 23.1 Å². The number of carboxylic acid groups (broad SMARTS) is 1. The molecule has 0 saturated carbocycles. The SMILES string of the molecule is COCC(C)(CC(=O)O)NC(=O)C1SCCc2sccc21. The lowest BCUT2D eigenvalue weighted by molar-refractivity contribution is -0.139. The van der Waals surface area contributed by atoms with Gasteiger partial charge in [0.15, 0.2) is 0 Å². The van der Waals surface area contributed by atoms with Crippen LogP contribution in [0.3, 0.4) is 0 Å². The average Bonchev–Trinajstić information content (AvgIpc) is 2.85. The van der Waals surface area contributed by atoms with Gasteiger partial charge >= 0.3 is 5.97 Å². The molecule has 116 valence electrons. The van der Waals surface area contributed by atoms with Gasteiger partial charge in [0.05, 0.1) is 18.6 Å². The first-order valence-corrected chi connectivity index (χ1v) is 8.58. The number of rotatable bonds is 6. The van der Waals surface area contributed by atoms with E-state index >= 15 is 0 Å². The highest BCUT2D eigenvalue weighted by Crippen LogP contribution is 2.39. The minimum Gasteiger partial charge on any atom is -0.481 e. The Labute approximate surface area is 132 Å². The van der Waals surface area contributed by atoms with Crippen molar-refractivity contribution in [2.75, 3.05) is 19.5 Å². The van der Waals surface area contributed by atoms with Gasteiger partial charge in [0.1, 0.15) is 5.25 Å². The quantitative estimate of drug-likeness (QED) is 0.836. The molecule has 0 radical (unpaired) electrons. The molecule has 1 aromatic rings. The van der Waals surface area contributed by atoms with E-state index in [4.69, 9.17) is 9.84 Å². The molecular weight excluding hydrogens is 310 g/mol. The average molecular weight is 329 g/mol. The molecule has 0 aromatic carbocycles. The highest BCUT2D eigenvalue weighted by atomic mass is 32.2. The molecule has 0 aliphatic carbocycles. The second-order valence-corrected chi connectivity index (χ2v) is 7.57. The van der Waals surface area contributed by atoms with Crippen LogP contribution in [0.4, 0.5) is 0 Å². The molecule has 0 saturated heterocycles. The van der Waals surface area contributed by atoms with Crippen LogP contribution in [-0.4, -0.2) is 42.0 Å². The summed E-state index contributed by atoms with van der Waals surface area (Å²) < 4.78 is 5.07. The minimum atomic E-state index is -0.956. The number of hydrogen-bond acceptors (Lipinski definition) is 5. The lowest BCUT2D eigenvalue weighted by Crippen LogP contribution is -2.52. The van der Waals surface area contributed by atoms with Crippen molar-refractivity contribution in [3.63, 3.8) is 0 Å². The summed E-state index contributed by atoms with van der Waals surface area (Å²) in [6.07, 6.45) is 0.826. The number of aryl methyl sites for hydroxylation is 1. The van der Waals surface area contributed by atoms with Crippen molar-refractivity contribution in [2.24, 2.45) is 0 Å². The third-order valence-corrected chi connectivity index (χ3v) is 5.58. The van der Waals surface area contributed by atoms with E-state index in [-0.39, 0.29) is 24.2 Å². The number of ether oxygens (including phenoxy) is 1. The van der Waals surface area contributed by atoms with Crippen molar-refractivity contribution in [3.05, 3.63) is 21.9 Å². The number of thiophene rings is 1. The fraction of sp³-hybridized carbons (Fsp3) is 0.571. The summed E-state index contributed by atoms with van der Waals surface area (Å²) >= 11 is 3.28. The second kappa shape index (κ2) is 6.81. The zero-order valence-corrected chi connectivity index (χ0v) is 13.7. The number of nitrogens with one attached hydrogen (secondary N) is 1. The van der Waals surface area contributed by atoms with Crippen molar-refractivity contribution in [2.45, 2.75) is 30.6 Å². The van der Waals surface area contributed by atoms with E-state index < -0.39 is 11.5 Å². The number of carbonyl (C=O) groups is 2. The van der Waals surface area contributed by atoms with Gasteiger partial charge in [-0.25, -0.2) is 0 Å². The van der Waals surface area contributed by atoms with E-state index in [2.05, 4.69) is 5.32 Å². The monoisotopic (exact) mass is 329 g/mol. The van der Waals surface area contributed by atoms with E-state index in [0.717, 1.165) is 17.7 Å². The van der Waals surface area contributed by atoms with Crippen molar-refractivity contribution in [1.29, 1.82) is 0 Å². The lowest BCUT2D eigenvalue weighted by atomic mass is 9.98. The van der Waals surface area contributed by atoms with Gasteiger partial charge in [-0.05, 0) is 36.1 Å². The normalized spacial score (nSPS) is 20.4. The highest BCUT2D eigenvalue weighted by molar-refractivity contribution is 8.00. The Hall–Kier alpha value is -1.05. The van der Waals surface area contributed by atoms with Gasteiger partial charge in [-0.1, -0.05) is 0 Å². The molecule has 0 bridgehead atoms. The number of fused-ring (bicyclic) bond motifs is 1. The number of thioether (sulfide) groups is 1. The maximum Gasteiger partial charge on any atom is 0.305 e. The first kappa shape index (κ1) is 16.3. The van der Waals surface area contributed by atoms with Crippen LogP contribution in [0.15, 0.2) is 11.4 Å². The van der Waals surface area contributed by atoms with Crippen molar-refractivity contribution in [1.82, 2.24) is 5.32 Å². The van der Waals surface area contributed by atoms with Gasteiger partial charge in [0.25, 0.3) is 0 Å². The number of carboxylic acids is 1. The Balaban J connectivity index is 2.11. The first-order chi connectivity index (χ1) is 9.95. The summed E-state index contributed by atoms with van der Waals surface area (Å²) in [7, 11) is 1.50. The molecule has 1 aliphatic rings. The zero-order chi connectivity index (χ0) is 15.5. The fourth-order valence-electron chi connectivity index (χ4n) is 2.51. The van der Waals surface area contributed by atoms with Crippen LogP contribution in [0.25, 0.3) is 0 Å². The van der Waals surface area contributed by atoms with Crippen molar-refractivity contribution < 1.29 is 19.4 Å². The van der Waals surface area contributed by atoms with Crippen LogP contribution >= 0.6 is 23.1 Å². The molecule has 2 heterocycles. The second-order valence-electron chi connectivity index (χ2n) is 5.35. The van der Waals surface area contributed by atoms with Gasteiger partial charge in [0, 0.05) is 12.0 Å². The van der Waals surface area contributed by atoms with Crippen LogP contribution in [-0.2, 0) is 20.7 Å². The van der Waals surface area contributed by atoms with Crippen LogP contribution in [0.5, 0.6) is 0 Å². The maximum atomic E-state index is 12.6. The summed E-state index contributed by atoms with van der Waals surface area (Å²) in [5, 5.41) is 13.6. The predicted molar refractivity (Wildman–Crippen MR) is 83.9 cm³/mol. The third kappa shape index (κ3) is 3.99. The van der Waals surface area contributed by atoms with Crippen LogP contribution < -0.4 is 5.32 Å². The molecule has 5 nitrogen and oxygen atoms in total. The molecule has 2 atom stereocenters. The van der Waals surface area contributed by atoms with Gasteiger partial charge < -0.3 is 15.2 Å². The molecule has 0 fully saturated rings. The highest BCUT2D eigenvalue weighted by Gasteiger charge is 2.35. The summed E-state index contributed by atoms with van der Waals surface area (Å²) in [5.41, 5.74) is 0.162. The third-order valence-electron chi connectivity index (χ3n) is 3.34. The van der Waals surface area contributed by atoms with E-state index in [0.29, 0.717) is 0 Å². The molecule has 21 heavy (non-hydrogen) atoms. The molecular formula is C14H19NO4S2. The number of methoxy groups -OCH3 is 1. The lowest BCUT2D eigenvalue weighted by Gasteiger charge is -2.31. The van der Waals surface area contributed by atoms with E-state index in [1.54, 1.807) is 30.0 Å². The van der Waals surface area contributed by atoms with Crippen molar-refractivity contribution >= 4 is 35.0 Å². The Kier molecular flexibility index (Phi) is 5.29. The Morgan fingerprint density at radius 2 is 2.33 bits per heavy atom. The molecule has 0 spiro atoms. The number of carbonyl (C=O) groups excluding carboxylic acids is 1. The summed E-state index contributed by atoms with van der Waals surface area (Å²) in [6.45, 7) is 1.86. The van der Waals surface area contributed by atoms with Crippen LogP contribution in [0.2, 0.25) is 0 Å². The van der Waals surface area contributed by atoms with Gasteiger partial charge in [-0.3, -0.25) is 9.59 Å². The molecule has 2 unspecified atom stereocenters. The van der Waals surface area contributed by atoms with E-state index in [1.807, 2.05) is 11.4 Å². The number of hydrogen-bond donors (Lipinski definition) is 2. The predicted octanol–water partition coefficient (Wildman–Crippen LogP) is 2.07. The van der Waals surface area contributed by atoms with E-state index in [1.165, 1.54) is 12.0 Å². The smallest absolute Gasteiger partial charge is 0.305 e. The first-order valence-electron chi connectivity index (χ1n) is 6.66.